The van der Waals surface area contributed by atoms with E-state index in [0.717, 1.165) is 5.56 Å². The Morgan fingerprint density at radius 3 is 2.63 bits per heavy atom. The zero-order valence-electron chi connectivity index (χ0n) is 18.4. The van der Waals surface area contributed by atoms with Gasteiger partial charge in [-0.25, -0.2) is 0 Å². The van der Waals surface area contributed by atoms with Crippen molar-refractivity contribution >= 4 is 34.3 Å². The standard InChI is InChI=1S/C26H19ClN2O6/c1-34-20-12-17(27)9-16-11-19(35-25(16)20)23(31)21-22(15-3-2-4-18(30)10-15)29(26(33)24(21)32)13-14-5-7-28-8-6-14/h2-12,22,30,32H,13H2,1H3. The van der Waals surface area contributed by atoms with Gasteiger partial charge in [-0.05, 0) is 47.5 Å². The number of methoxy groups -OCH3 is 1. The molecule has 3 heterocycles. The summed E-state index contributed by atoms with van der Waals surface area (Å²) in [6, 6.07) is 13.4. The summed E-state index contributed by atoms with van der Waals surface area (Å²) in [7, 11) is 1.45. The second-order valence-electron chi connectivity index (χ2n) is 8.01. The monoisotopic (exact) mass is 490 g/mol. The molecule has 0 radical (unpaired) electrons. The molecule has 1 aliphatic heterocycles. The maximum atomic E-state index is 13.7. The Morgan fingerprint density at radius 2 is 1.91 bits per heavy atom. The number of ether oxygens (including phenoxy) is 1. The molecule has 5 rings (SSSR count). The molecule has 1 amide bonds. The Hall–Kier alpha value is -4.30. The highest BCUT2D eigenvalue weighted by atomic mass is 35.5. The lowest BCUT2D eigenvalue weighted by Crippen LogP contribution is -2.30. The highest BCUT2D eigenvalue weighted by molar-refractivity contribution is 6.31. The van der Waals surface area contributed by atoms with Crippen LogP contribution in [0, 0.1) is 0 Å². The summed E-state index contributed by atoms with van der Waals surface area (Å²) in [6.45, 7) is 0.103. The average molecular weight is 491 g/mol. The third kappa shape index (κ3) is 3.98. The number of furan rings is 1. The van der Waals surface area contributed by atoms with Crippen LogP contribution in [0.1, 0.15) is 27.7 Å². The molecule has 9 heteroatoms. The molecule has 2 N–H and O–H groups in total. The number of hydrogen-bond donors (Lipinski definition) is 2. The van der Waals surface area contributed by atoms with Crippen molar-refractivity contribution in [1.82, 2.24) is 9.88 Å². The number of aromatic hydroxyl groups is 1. The molecule has 1 unspecified atom stereocenters. The Kier molecular flexibility index (Phi) is 5.66. The normalized spacial score (nSPS) is 15.8. The lowest BCUT2D eigenvalue weighted by atomic mass is 9.94. The van der Waals surface area contributed by atoms with Gasteiger partial charge in [0.15, 0.2) is 22.9 Å². The van der Waals surface area contributed by atoms with Crippen molar-refractivity contribution in [3.63, 3.8) is 0 Å². The minimum atomic E-state index is -0.964. The van der Waals surface area contributed by atoms with E-state index in [1.165, 1.54) is 30.2 Å². The second kappa shape index (κ2) is 8.81. The number of halogens is 1. The van der Waals surface area contributed by atoms with Gasteiger partial charge in [0.05, 0.1) is 18.7 Å². The number of carbonyl (C=O) groups is 2. The largest absolute Gasteiger partial charge is 0.508 e. The first-order valence-corrected chi connectivity index (χ1v) is 11.0. The number of phenols is 1. The first kappa shape index (κ1) is 22.5. The summed E-state index contributed by atoms with van der Waals surface area (Å²) < 4.78 is 11.1. The minimum Gasteiger partial charge on any atom is -0.508 e. The van der Waals surface area contributed by atoms with Crippen molar-refractivity contribution in [3.05, 3.63) is 100 Å². The highest BCUT2D eigenvalue weighted by Crippen LogP contribution is 2.42. The van der Waals surface area contributed by atoms with Crippen molar-refractivity contribution in [2.45, 2.75) is 12.6 Å². The third-order valence-electron chi connectivity index (χ3n) is 5.83. The zero-order chi connectivity index (χ0) is 24.7. The number of aromatic nitrogens is 1. The van der Waals surface area contributed by atoms with E-state index in [9.17, 15) is 19.8 Å². The van der Waals surface area contributed by atoms with Crippen LogP contribution in [0.2, 0.25) is 5.02 Å². The zero-order valence-corrected chi connectivity index (χ0v) is 19.2. The van der Waals surface area contributed by atoms with Crippen molar-refractivity contribution in [3.8, 4) is 11.5 Å². The average Bonchev–Trinajstić information content (AvgIpc) is 3.38. The number of amides is 1. The smallest absolute Gasteiger partial charge is 0.290 e. The number of aliphatic hydroxyl groups excluding tert-OH is 1. The summed E-state index contributed by atoms with van der Waals surface area (Å²) in [5.74, 6) is -1.85. The number of Topliss-reactive ketones (excluding diaryl/α,β-unsaturated/α-hetero) is 1. The van der Waals surface area contributed by atoms with Gasteiger partial charge in [-0.15, -0.1) is 0 Å². The molecule has 176 valence electrons. The van der Waals surface area contributed by atoms with Gasteiger partial charge in [0.1, 0.15) is 5.75 Å². The first-order chi connectivity index (χ1) is 16.9. The first-order valence-electron chi connectivity index (χ1n) is 10.6. The van der Waals surface area contributed by atoms with Crippen LogP contribution >= 0.6 is 11.6 Å². The second-order valence-corrected chi connectivity index (χ2v) is 8.45. The van der Waals surface area contributed by atoms with Crippen LogP contribution in [0.3, 0.4) is 0 Å². The Balaban J connectivity index is 1.62. The third-order valence-corrected chi connectivity index (χ3v) is 6.05. The lowest BCUT2D eigenvalue weighted by molar-refractivity contribution is -0.130. The van der Waals surface area contributed by atoms with Crippen LogP contribution in [0.5, 0.6) is 11.5 Å². The minimum absolute atomic E-state index is 0.0416. The van der Waals surface area contributed by atoms with E-state index >= 15 is 0 Å². The van der Waals surface area contributed by atoms with Gasteiger partial charge in [0.2, 0.25) is 5.78 Å². The summed E-state index contributed by atoms with van der Waals surface area (Å²) in [4.78, 5) is 32.2. The summed E-state index contributed by atoms with van der Waals surface area (Å²) in [5.41, 5.74) is 1.37. The number of pyridine rings is 1. The lowest BCUT2D eigenvalue weighted by Gasteiger charge is -2.26. The van der Waals surface area contributed by atoms with Crippen molar-refractivity contribution in [2.24, 2.45) is 0 Å². The van der Waals surface area contributed by atoms with E-state index < -0.39 is 23.5 Å². The number of nitrogens with zero attached hydrogens (tertiary/aromatic N) is 2. The fourth-order valence-corrected chi connectivity index (χ4v) is 4.47. The summed E-state index contributed by atoms with van der Waals surface area (Å²) in [6.07, 6.45) is 3.18. The Morgan fingerprint density at radius 1 is 1.14 bits per heavy atom. The Bertz CT molecular complexity index is 1490. The molecule has 2 aromatic heterocycles. The van der Waals surface area contributed by atoms with E-state index in [2.05, 4.69) is 4.98 Å². The molecule has 4 aromatic rings. The molecule has 0 spiro atoms. The predicted octanol–water partition coefficient (Wildman–Crippen LogP) is 4.97. The van der Waals surface area contributed by atoms with Crippen molar-refractivity contribution in [2.75, 3.05) is 7.11 Å². The number of carbonyl (C=O) groups excluding carboxylic acids is 2. The molecule has 1 aliphatic rings. The van der Waals surface area contributed by atoms with Crippen molar-refractivity contribution < 1.29 is 29.0 Å². The van der Waals surface area contributed by atoms with E-state index in [1.54, 1.807) is 48.8 Å². The number of rotatable bonds is 6. The van der Waals surface area contributed by atoms with Crippen LogP contribution in [0.15, 0.2) is 82.7 Å². The molecule has 0 fully saturated rings. The van der Waals surface area contributed by atoms with Gasteiger partial charge >= 0.3 is 0 Å². The number of hydrogen-bond acceptors (Lipinski definition) is 7. The molecule has 0 saturated carbocycles. The van der Waals surface area contributed by atoms with Gasteiger partial charge < -0.3 is 24.3 Å². The number of fused-ring (bicyclic) bond motifs is 1. The summed E-state index contributed by atoms with van der Waals surface area (Å²) in [5, 5.41) is 21.9. The number of benzene rings is 2. The van der Waals surface area contributed by atoms with Crippen LogP contribution in [0.4, 0.5) is 0 Å². The van der Waals surface area contributed by atoms with E-state index in [1.807, 2.05) is 0 Å². The van der Waals surface area contributed by atoms with Crippen molar-refractivity contribution in [1.29, 1.82) is 0 Å². The molecule has 35 heavy (non-hydrogen) atoms. The summed E-state index contributed by atoms with van der Waals surface area (Å²) >= 11 is 6.14. The van der Waals surface area contributed by atoms with Gasteiger partial charge in [0, 0.05) is 35.4 Å². The molecule has 0 saturated heterocycles. The molecule has 1 atom stereocenters. The molecule has 8 nitrogen and oxygen atoms in total. The maximum absolute atomic E-state index is 13.7. The topological polar surface area (TPSA) is 113 Å². The fraction of sp³-hybridized carbons (Fsp3) is 0.115. The number of phenolic OH excluding ortho intramolecular Hbond substituents is 1. The van der Waals surface area contributed by atoms with Crippen LogP contribution < -0.4 is 4.74 Å². The quantitative estimate of drug-likeness (QED) is 0.367. The van der Waals surface area contributed by atoms with Gasteiger partial charge in [-0.2, -0.15) is 0 Å². The van der Waals surface area contributed by atoms with Gasteiger partial charge in [-0.3, -0.25) is 14.6 Å². The van der Waals surface area contributed by atoms with E-state index in [-0.39, 0.29) is 23.6 Å². The fourth-order valence-electron chi connectivity index (χ4n) is 4.26. The van der Waals surface area contributed by atoms with E-state index in [4.69, 9.17) is 20.8 Å². The highest BCUT2D eigenvalue weighted by Gasteiger charge is 2.44. The molecule has 0 bridgehead atoms. The number of aliphatic hydroxyl groups is 1. The Labute approximate surface area is 204 Å². The van der Waals surface area contributed by atoms with Crippen LogP contribution in [-0.4, -0.2) is 38.9 Å². The molecule has 2 aromatic carbocycles. The molecule has 0 aliphatic carbocycles. The number of ketones is 1. The van der Waals surface area contributed by atoms with E-state index in [0.29, 0.717) is 27.3 Å². The molecular formula is C26H19ClN2O6. The van der Waals surface area contributed by atoms with Gasteiger partial charge in [0.25, 0.3) is 5.91 Å². The maximum Gasteiger partial charge on any atom is 0.290 e. The van der Waals surface area contributed by atoms with Gasteiger partial charge in [-0.1, -0.05) is 23.7 Å². The van der Waals surface area contributed by atoms with Crippen LogP contribution in [-0.2, 0) is 11.3 Å². The SMILES string of the molecule is COc1cc(Cl)cc2cc(C(=O)C3=C(O)C(=O)N(Cc4ccncc4)C3c3cccc(O)c3)oc12. The predicted molar refractivity (Wildman–Crippen MR) is 127 cm³/mol. The molecular weight excluding hydrogens is 472 g/mol. The van der Waals surface area contributed by atoms with Crippen LogP contribution in [0.25, 0.3) is 11.0 Å².